The first-order chi connectivity index (χ1) is 13.9. The summed E-state index contributed by atoms with van der Waals surface area (Å²) in [6, 6.07) is 18.0. The Bertz CT molecular complexity index is 996. The quantitative estimate of drug-likeness (QED) is 0.522. The maximum absolute atomic E-state index is 12.0. The van der Waals surface area contributed by atoms with Gasteiger partial charge in [0, 0.05) is 41.6 Å². The lowest BCUT2D eigenvalue weighted by atomic mass is 10.0. The predicted molar refractivity (Wildman–Crippen MR) is 118 cm³/mol. The highest BCUT2D eigenvalue weighted by Gasteiger charge is 2.22. The smallest absolute Gasteiger partial charge is 0.337 e. The van der Waals surface area contributed by atoms with Crippen LogP contribution < -0.4 is 5.32 Å². The van der Waals surface area contributed by atoms with Gasteiger partial charge >= 0.3 is 5.97 Å². The number of hydrogen-bond acceptors (Lipinski definition) is 2. The van der Waals surface area contributed by atoms with Crippen LogP contribution in [0.3, 0.4) is 0 Å². The van der Waals surface area contributed by atoms with Gasteiger partial charge in [-0.1, -0.05) is 61.0 Å². The monoisotopic (exact) mass is 410 g/mol. The minimum Gasteiger partial charge on any atom is -0.478 e. The van der Waals surface area contributed by atoms with E-state index in [2.05, 4.69) is 28.9 Å². The number of carbonyl (C=O) groups is 1. The maximum atomic E-state index is 12.0. The van der Waals surface area contributed by atoms with E-state index >= 15 is 0 Å². The molecule has 2 N–H and O–H groups in total. The third-order valence-corrected chi connectivity index (χ3v) is 5.71. The molecule has 0 unspecified atom stereocenters. The normalized spacial score (nSPS) is 12.1. The topological polar surface area (TPSA) is 54.3 Å². The molecule has 0 aliphatic heterocycles. The van der Waals surface area contributed by atoms with E-state index in [1.807, 2.05) is 56.3 Å². The highest BCUT2D eigenvalue weighted by Crippen LogP contribution is 2.25. The Morgan fingerprint density at radius 3 is 2.48 bits per heavy atom. The van der Waals surface area contributed by atoms with Gasteiger partial charge in [0.15, 0.2) is 0 Å². The van der Waals surface area contributed by atoms with E-state index in [1.54, 1.807) is 0 Å². The first-order valence-electron chi connectivity index (χ1n) is 9.80. The molecule has 0 radical (unpaired) electrons. The van der Waals surface area contributed by atoms with E-state index in [-0.39, 0.29) is 0 Å². The van der Waals surface area contributed by atoms with Crippen LogP contribution in [0.15, 0.2) is 54.6 Å². The van der Waals surface area contributed by atoms with E-state index in [0.29, 0.717) is 29.6 Å². The van der Waals surface area contributed by atoms with Crippen molar-refractivity contribution >= 4 is 17.6 Å². The Labute approximate surface area is 177 Å². The van der Waals surface area contributed by atoms with Crippen LogP contribution in [-0.4, -0.2) is 22.2 Å². The molecule has 0 bridgehead atoms. The van der Waals surface area contributed by atoms with Gasteiger partial charge in [-0.05, 0) is 43.0 Å². The fourth-order valence-electron chi connectivity index (χ4n) is 3.82. The van der Waals surface area contributed by atoms with E-state index in [0.717, 1.165) is 29.1 Å². The van der Waals surface area contributed by atoms with Gasteiger partial charge in [0.05, 0.1) is 5.56 Å². The molecule has 0 amide bonds. The Hall–Kier alpha value is -2.56. The molecule has 152 valence electrons. The van der Waals surface area contributed by atoms with E-state index in [9.17, 15) is 9.90 Å². The lowest BCUT2D eigenvalue weighted by Crippen LogP contribution is -2.21. The van der Waals surface area contributed by atoms with Crippen molar-refractivity contribution in [3.05, 3.63) is 93.3 Å². The van der Waals surface area contributed by atoms with Gasteiger partial charge in [-0.15, -0.1) is 0 Å². The summed E-state index contributed by atoms with van der Waals surface area (Å²) in [4.78, 5) is 12.0. The molecule has 0 aliphatic rings. The lowest BCUT2D eigenvalue weighted by Gasteiger charge is -2.14. The molecule has 4 nitrogen and oxygen atoms in total. The van der Waals surface area contributed by atoms with Gasteiger partial charge in [-0.3, -0.25) is 0 Å². The van der Waals surface area contributed by atoms with Crippen molar-refractivity contribution in [2.75, 3.05) is 6.54 Å². The molecular weight excluding hydrogens is 384 g/mol. The number of halogens is 1. The molecule has 0 spiro atoms. The summed E-state index contributed by atoms with van der Waals surface area (Å²) in [5.41, 5.74) is 5.29. The van der Waals surface area contributed by atoms with Gasteiger partial charge in [0.1, 0.15) is 0 Å². The number of carboxylic acids is 1. The molecule has 1 aromatic heterocycles. The van der Waals surface area contributed by atoms with Crippen molar-refractivity contribution in [3.63, 3.8) is 0 Å². The zero-order chi connectivity index (χ0) is 21.0. The second-order valence-corrected chi connectivity index (χ2v) is 7.92. The van der Waals surface area contributed by atoms with Crippen molar-refractivity contribution in [2.45, 2.75) is 39.8 Å². The highest BCUT2D eigenvalue weighted by molar-refractivity contribution is 6.30. The van der Waals surface area contributed by atoms with Gasteiger partial charge in [0.25, 0.3) is 0 Å². The summed E-state index contributed by atoms with van der Waals surface area (Å²) < 4.78 is 2.06. The van der Waals surface area contributed by atoms with Crippen LogP contribution in [0.25, 0.3) is 0 Å². The van der Waals surface area contributed by atoms with Crippen molar-refractivity contribution < 1.29 is 9.90 Å². The Kier molecular flexibility index (Phi) is 6.78. The summed E-state index contributed by atoms with van der Waals surface area (Å²) in [6.07, 6.45) is 0. The van der Waals surface area contributed by atoms with Crippen molar-refractivity contribution in [2.24, 2.45) is 0 Å². The lowest BCUT2D eigenvalue weighted by molar-refractivity contribution is 0.0694. The standard InChI is InChI=1S/C24H27ClN2O2/c1-16(20-9-5-4-6-10-20)13-26-14-22-17(2)27(18(3)23(22)24(28)29)15-19-8-7-11-21(25)12-19/h4-12,16,26H,13-15H2,1-3H3,(H,28,29)/t16-/m0/s1. The first kappa shape index (κ1) is 21.2. The molecule has 1 atom stereocenters. The number of benzene rings is 2. The third kappa shape index (κ3) is 4.89. The molecule has 5 heteroatoms. The van der Waals surface area contributed by atoms with E-state index in [1.165, 1.54) is 5.56 Å². The molecule has 29 heavy (non-hydrogen) atoms. The number of nitrogens with zero attached hydrogens (tertiary/aromatic N) is 1. The summed E-state index contributed by atoms with van der Waals surface area (Å²) in [5, 5.41) is 14.0. The first-order valence-corrected chi connectivity index (χ1v) is 10.2. The van der Waals surface area contributed by atoms with Crippen LogP contribution in [0.2, 0.25) is 5.02 Å². The molecule has 0 saturated heterocycles. The van der Waals surface area contributed by atoms with E-state index < -0.39 is 5.97 Å². The van der Waals surface area contributed by atoms with Crippen LogP contribution >= 0.6 is 11.6 Å². The fourth-order valence-corrected chi connectivity index (χ4v) is 4.03. The molecular formula is C24H27ClN2O2. The number of rotatable bonds is 8. The van der Waals surface area contributed by atoms with Gasteiger partial charge in [-0.2, -0.15) is 0 Å². The second-order valence-electron chi connectivity index (χ2n) is 7.49. The van der Waals surface area contributed by atoms with Crippen molar-refractivity contribution in [3.8, 4) is 0 Å². The molecule has 2 aromatic carbocycles. The zero-order valence-corrected chi connectivity index (χ0v) is 17.8. The molecule has 1 heterocycles. The average molecular weight is 411 g/mol. The number of hydrogen-bond donors (Lipinski definition) is 2. The minimum absolute atomic E-state index is 0.347. The molecule has 0 fully saturated rings. The molecule has 0 saturated carbocycles. The van der Waals surface area contributed by atoms with Crippen LogP contribution in [0.5, 0.6) is 0 Å². The second kappa shape index (κ2) is 9.29. The molecule has 3 aromatic rings. The largest absolute Gasteiger partial charge is 0.478 e. The average Bonchev–Trinajstić information content (AvgIpc) is 2.93. The predicted octanol–water partition coefficient (Wildman–Crippen LogP) is 5.40. The van der Waals surface area contributed by atoms with Gasteiger partial charge < -0.3 is 15.0 Å². The van der Waals surface area contributed by atoms with Gasteiger partial charge in [-0.25, -0.2) is 4.79 Å². The molecule has 0 aliphatic carbocycles. The minimum atomic E-state index is -0.886. The molecule has 3 rings (SSSR count). The summed E-state index contributed by atoms with van der Waals surface area (Å²) >= 11 is 6.11. The Balaban J connectivity index is 1.79. The highest BCUT2D eigenvalue weighted by atomic mass is 35.5. The van der Waals surface area contributed by atoms with Crippen LogP contribution in [0, 0.1) is 13.8 Å². The summed E-state index contributed by atoms with van der Waals surface area (Å²) in [6.45, 7) is 7.93. The number of aromatic carboxylic acids is 1. The van der Waals surface area contributed by atoms with Crippen LogP contribution in [-0.2, 0) is 13.1 Å². The summed E-state index contributed by atoms with van der Waals surface area (Å²) in [5.74, 6) is -0.539. The van der Waals surface area contributed by atoms with Crippen molar-refractivity contribution in [1.82, 2.24) is 9.88 Å². The number of aromatic nitrogens is 1. The number of carboxylic acid groups (broad SMARTS) is 1. The van der Waals surface area contributed by atoms with Crippen LogP contribution in [0.4, 0.5) is 0 Å². The third-order valence-electron chi connectivity index (χ3n) is 5.47. The Morgan fingerprint density at radius 2 is 1.83 bits per heavy atom. The Morgan fingerprint density at radius 1 is 1.10 bits per heavy atom. The van der Waals surface area contributed by atoms with Gasteiger partial charge in [0.2, 0.25) is 0 Å². The summed E-state index contributed by atoms with van der Waals surface area (Å²) in [7, 11) is 0. The van der Waals surface area contributed by atoms with Crippen molar-refractivity contribution in [1.29, 1.82) is 0 Å². The van der Waals surface area contributed by atoms with E-state index in [4.69, 9.17) is 11.6 Å². The number of nitrogens with one attached hydrogen (secondary N) is 1. The SMILES string of the molecule is Cc1c(CNC[C@H](C)c2ccccc2)c(C(=O)O)c(C)n1Cc1cccc(Cl)c1. The fraction of sp³-hybridized carbons (Fsp3) is 0.292. The zero-order valence-electron chi connectivity index (χ0n) is 17.1. The van der Waals surface area contributed by atoms with Crippen LogP contribution in [0.1, 0.15) is 51.3 Å². The maximum Gasteiger partial charge on any atom is 0.337 e.